The number of aryl methyl sites for hydroxylation is 1. The van der Waals surface area contributed by atoms with Gasteiger partial charge in [-0.2, -0.15) is 0 Å². The van der Waals surface area contributed by atoms with E-state index in [2.05, 4.69) is 10.3 Å². The monoisotopic (exact) mass is 380 g/mol. The van der Waals surface area contributed by atoms with Crippen molar-refractivity contribution in [3.05, 3.63) is 45.9 Å². The van der Waals surface area contributed by atoms with Crippen molar-refractivity contribution in [2.24, 2.45) is 0 Å². The van der Waals surface area contributed by atoms with Crippen LogP contribution in [0.5, 0.6) is 0 Å². The maximum atomic E-state index is 12.3. The molecule has 1 fully saturated rings. The lowest BCUT2D eigenvalue weighted by atomic mass is 10.1. The van der Waals surface area contributed by atoms with E-state index in [4.69, 9.17) is 4.74 Å². The average Bonchev–Trinajstić information content (AvgIpc) is 3.24. The standard InChI is InChI=1S/C17H20N2O4S2/c1-25(21,22)10-8-12-4-6-13(7-5-12)19-16(20)15-11-18-17(24-15)14-3-2-9-23-14/h4-7,11,14H,2-3,8-10H2,1H3,(H,19,20). The van der Waals surface area contributed by atoms with E-state index in [-0.39, 0.29) is 17.8 Å². The van der Waals surface area contributed by atoms with E-state index in [1.807, 2.05) is 12.1 Å². The Morgan fingerprint density at radius 3 is 2.76 bits per heavy atom. The number of nitrogens with zero attached hydrogens (tertiary/aromatic N) is 1. The smallest absolute Gasteiger partial charge is 0.267 e. The number of carbonyl (C=O) groups is 1. The van der Waals surface area contributed by atoms with Gasteiger partial charge in [0.15, 0.2) is 0 Å². The normalized spacial score (nSPS) is 17.6. The number of thiazole rings is 1. The fraction of sp³-hybridized carbons (Fsp3) is 0.412. The van der Waals surface area contributed by atoms with Gasteiger partial charge in [-0.3, -0.25) is 4.79 Å². The van der Waals surface area contributed by atoms with Crippen LogP contribution in [-0.2, 0) is 21.0 Å². The number of aromatic nitrogens is 1. The van der Waals surface area contributed by atoms with E-state index < -0.39 is 9.84 Å². The molecule has 8 heteroatoms. The van der Waals surface area contributed by atoms with Crippen molar-refractivity contribution in [2.45, 2.75) is 25.4 Å². The number of nitrogens with one attached hydrogen (secondary N) is 1. The molecule has 1 atom stereocenters. The summed E-state index contributed by atoms with van der Waals surface area (Å²) in [5.74, 6) is -0.0865. The first kappa shape index (κ1) is 18.0. The maximum absolute atomic E-state index is 12.3. The lowest BCUT2D eigenvalue weighted by Gasteiger charge is -2.06. The molecule has 1 N–H and O–H groups in total. The number of anilines is 1. The molecule has 0 bridgehead atoms. The number of sulfone groups is 1. The van der Waals surface area contributed by atoms with Crippen molar-refractivity contribution in [2.75, 3.05) is 23.9 Å². The average molecular weight is 380 g/mol. The molecule has 1 amide bonds. The molecular weight excluding hydrogens is 360 g/mol. The first-order valence-corrected chi connectivity index (χ1v) is 10.9. The molecule has 1 aromatic carbocycles. The summed E-state index contributed by atoms with van der Waals surface area (Å²) in [4.78, 5) is 17.2. The Morgan fingerprint density at radius 1 is 1.36 bits per heavy atom. The van der Waals surface area contributed by atoms with Crippen LogP contribution in [0, 0.1) is 0 Å². The van der Waals surface area contributed by atoms with Crippen molar-refractivity contribution in [3.8, 4) is 0 Å². The van der Waals surface area contributed by atoms with Crippen molar-refractivity contribution in [1.29, 1.82) is 0 Å². The minimum Gasteiger partial charge on any atom is -0.371 e. The zero-order valence-electron chi connectivity index (χ0n) is 13.9. The highest BCUT2D eigenvalue weighted by Crippen LogP contribution is 2.31. The molecule has 1 aliphatic heterocycles. The fourth-order valence-electron chi connectivity index (χ4n) is 2.56. The van der Waals surface area contributed by atoms with Crippen LogP contribution in [0.25, 0.3) is 0 Å². The van der Waals surface area contributed by atoms with E-state index in [1.54, 1.807) is 18.3 Å². The Hall–Kier alpha value is -1.77. The van der Waals surface area contributed by atoms with Crippen molar-refractivity contribution < 1.29 is 17.9 Å². The van der Waals surface area contributed by atoms with Gasteiger partial charge in [-0.15, -0.1) is 11.3 Å². The lowest BCUT2D eigenvalue weighted by molar-refractivity contribution is 0.103. The Labute approximate surface area is 151 Å². The molecule has 25 heavy (non-hydrogen) atoms. The molecule has 2 aromatic rings. The van der Waals surface area contributed by atoms with Gasteiger partial charge in [0.25, 0.3) is 5.91 Å². The van der Waals surface area contributed by atoms with Gasteiger partial charge in [-0.25, -0.2) is 13.4 Å². The molecule has 2 heterocycles. The number of amides is 1. The Balaban J connectivity index is 1.59. The third kappa shape index (κ3) is 5.10. The molecule has 1 saturated heterocycles. The topological polar surface area (TPSA) is 85.4 Å². The summed E-state index contributed by atoms with van der Waals surface area (Å²) in [5.41, 5.74) is 1.59. The quantitative estimate of drug-likeness (QED) is 0.833. The summed E-state index contributed by atoms with van der Waals surface area (Å²) < 4.78 is 28.0. The Kier molecular flexibility index (Phi) is 5.51. The second-order valence-electron chi connectivity index (χ2n) is 6.10. The van der Waals surface area contributed by atoms with Crippen LogP contribution < -0.4 is 5.32 Å². The van der Waals surface area contributed by atoms with Gasteiger partial charge in [0.1, 0.15) is 25.8 Å². The lowest BCUT2D eigenvalue weighted by Crippen LogP contribution is -2.10. The highest BCUT2D eigenvalue weighted by Gasteiger charge is 2.22. The van der Waals surface area contributed by atoms with Gasteiger partial charge >= 0.3 is 0 Å². The minimum absolute atomic E-state index is 0.0145. The zero-order valence-corrected chi connectivity index (χ0v) is 15.5. The largest absolute Gasteiger partial charge is 0.371 e. The predicted molar refractivity (Wildman–Crippen MR) is 97.9 cm³/mol. The van der Waals surface area contributed by atoms with Gasteiger partial charge in [0.05, 0.1) is 11.9 Å². The molecule has 0 radical (unpaired) electrons. The number of hydrogen-bond donors (Lipinski definition) is 1. The molecule has 1 unspecified atom stereocenters. The van der Waals surface area contributed by atoms with Crippen LogP contribution in [-0.4, -0.2) is 37.9 Å². The minimum atomic E-state index is -2.98. The van der Waals surface area contributed by atoms with Gasteiger partial charge in [0, 0.05) is 18.6 Å². The first-order chi connectivity index (χ1) is 11.9. The van der Waals surface area contributed by atoms with Crippen LogP contribution >= 0.6 is 11.3 Å². The molecule has 0 spiro atoms. The second-order valence-corrected chi connectivity index (χ2v) is 9.42. The van der Waals surface area contributed by atoms with Gasteiger partial charge in [-0.1, -0.05) is 12.1 Å². The molecule has 3 rings (SSSR count). The number of benzene rings is 1. The van der Waals surface area contributed by atoms with Crippen molar-refractivity contribution in [1.82, 2.24) is 4.98 Å². The van der Waals surface area contributed by atoms with Gasteiger partial charge in [-0.05, 0) is 37.0 Å². The Morgan fingerprint density at radius 2 is 2.12 bits per heavy atom. The van der Waals surface area contributed by atoms with E-state index >= 15 is 0 Å². The van der Waals surface area contributed by atoms with E-state index in [0.717, 1.165) is 30.0 Å². The highest BCUT2D eigenvalue weighted by atomic mass is 32.2. The fourth-order valence-corrected chi connectivity index (χ4v) is 4.07. The predicted octanol–water partition coefficient (Wildman–Crippen LogP) is 2.83. The molecule has 0 aliphatic carbocycles. The van der Waals surface area contributed by atoms with Crippen LogP contribution in [0.1, 0.15) is 39.2 Å². The summed E-state index contributed by atoms with van der Waals surface area (Å²) in [5, 5.41) is 3.68. The molecule has 134 valence electrons. The van der Waals surface area contributed by atoms with E-state index in [1.165, 1.54) is 17.6 Å². The summed E-state index contributed by atoms with van der Waals surface area (Å²) in [6, 6.07) is 7.20. The van der Waals surface area contributed by atoms with Crippen LogP contribution in [0.4, 0.5) is 5.69 Å². The molecule has 1 aliphatic rings. The maximum Gasteiger partial charge on any atom is 0.267 e. The third-order valence-electron chi connectivity index (χ3n) is 3.93. The van der Waals surface area contributed by atoms with Crippen LogP contribution in [0.15, 0.2) is 30.5 Å². The molecule has 6 nitrogen and oxygen atoms in total. The number of rotatable bonds is 6. The summed E-state index contributed by atoms with van der Waals surface area (Å²) >= 11 is 1.36. The molecular formula is C17H20N2O4S2. The number of carbonyl (C=O) groups excluding carboxylic acids is 1. The highest BCUT2D eigenvalue weighted by molar-refractivity contribution is 7.90. The second kappa shape index (κ2) is 7.63. The van der Waals surface area contributed by atoms with Crippen LogP contribution in [0.2, 0.25) is 0 Å². The summed E-state index contributed by atoms with van der Waals surface area (Å²) in [6.45, 7) is 0.747. The van der Waals surface area contributed by atoms with Crippen molar-refractivity contribution in [3.63, 3.8) is 0 Å². The number of hydrogen-bond acceptors (Lipinski definition) is 6. The summed E-state index contributed by atoms with van der Waals surface area (Å²) in [6.07, 6.45) is 5.26. The Bertz CT molecular complexity index is 838. The first-order valence-electron chi connectivity index (χ1n) is 8.06. The van der Waals surface area contributed by atoms with Crippen molar-refractivity contribution >= 4 is 32.8 Å². The van der Waals surface area contributed by atoms with Gasteiger partial charge < -0.3 is 10.1 Å². The van der Waals surface area contributed by atoms with E-state index in [9.17, 15) is 13.2 Å². The SMILES string of the molecule is CS(=O)(=O)CCc1ccc(NC(=O)c2cnc(C3CCCO3)s2)cc1. The third-order valence-corrected chi connectivity index (χ3v) is 5.96. The molecule has 1 aromatic heterocycles. The summed E-state index contributed by atoms with van der Waals surface area (Å²) in [7, 11) is -2.98. The number of ether oxygens (including phenoxy) is 1. The van der Waals surface area contributed by atoms with Crippen LogP contribution in [0.3, 0.4) is 0 Å². The van der Waals surface area contributed by atoms with Gasteiger partial charge in [0.2, 0.25) is 0 Å². The van der Waals surface area contributed by atoms with E-state index in [0.29, 0.717) is 17.0 Å². The zero-order chi connectivity index (χ0) is 17.9. The molecule has 0 saturated carbocycles.